The molecule has 1 aromatic carbocycles. The molecule has 2 aromatic rings. The molecular weight excluding hydrogens is 352 g/mol. The van der Waals surface area contributed by atoms with Crippen LogP contribution in [-0.4, -0.2) is 18.0 Å². The Hall–Kier alpha value is -2.67. The Labute approximate surface area is 155 Å². The van der Waals surface area contributed by atoms with Crippen molar-refractivity contribution >= 4 is 28.0 Å². The van der Waals surface area contributed by atoms with E-state index in [1.807, 2.05) is 13.0 Å². The minimum atomic E-state index is -0.436. The highest BCUT2D eigenvalue weighted by Crippen LogP contribution is 2.47. The number of nitro benzene ring substituents is 1. The first-order valence-electron chi connectivity index (χ1n) is 8.27. The number of esters is 1. The largest absolute Gasteiger partial charge is 0.466 e. The molecule has 1 unspecified atom stereocenters. The number of thiophene rings is 1. The highest BCUT2D eigenvalue weighted by molar-refractivity contribution is 7.16. The summed E-state index contributed by atoms with van der Waals surface area (Å²) in [4.78, 5) is 24.5. The lowest BCUT2D eigenvalue weighted by atomic mass is 9.82. The van der Waals surface area contributed by atoms with E-state index in [1.54, 1.807) is 17.4 Å². The molecule has 1 atom stereocenters. The van der Waals surface area contributed by atoms with Gasteiger partial charge in [0.25, 0.3) is 5.69 Å². The predicted octanol–water partition coefficient (Wildman–Crippen LogP) is 4.78. The predicted molar refractivity (Wildman–Crippen MR) is 102 cm³/mol. The van der Waals surface area contributed by atoms with Gasteiger partial charge >= 0.3 is 5.97 Å². The first-order valence-corrected chi connectivity index (χ1v) is 9.09. The van der Waals surface area contributed by atoms with Gasteiger partial charge in [-0.3, -0.25) is 10.1 Å². The van der Waals surface area contributed by atoms with Gasteiger partial charge in [0.2, 0.25) is 0 Å². The molecule has 26 heavy (non-hydrogen) atoms. The third-order valence-corrected chi connectivity index (χ3v) is 5.84. The number of allylic oxidation sites excluding steroid dienone is 1. The molecule has 1 N–H and O–H groups in total. The Morgan fingerprint density at radius 1 is 1.35 bits per heavy atom. The van der Waals surface area contributed by atoms with Crippen LogP contribution in [0.5, 0.6) is 0 Å². The maximum Gasteiger partial charge on any atom is 0.336 e. The van der Waals surface area contributed by atoms with E-state index in [-0.39, 0.29) is 5.69 Å². The average molecular weight is 372 g/mol. The van der Waals surface area contributed by atoms with E-state index < -0.39 is 16.8 Å². The number of nitrogens with zero attached hydrogens (tertiary/aromatic N) is 1. The van der Waals surface area contributed by atoms with E-state index in [0.29, 0.717) is 22.8 Å². The molecule has 0 radical (unpaired) electrons. The van der Waals surface area contributed by atoms with Crippen LogP contribution < -0.4 is 5.32 Å². The Morgan fingerprint density at radius 3 is 2.69 bits per heavy atom. The molecule has 3 rings (SSSR count). The van der Waals surface area contributed by atoms with Gasteiger partial charge in [-0.25, -0.2) is 4.79 Å². The zero-order chi connectivity index (χ0) is 19.0. The summed E-state index contributed by atoms with van der Waals surface area (Å²) >= 11 is 1.65. The molecule has 0 amide bonds. The van der Waals surface area contributed by atoms with Crippen molar-refractivity contribution in [1.29, 1.82) is 0 Å². The fourth-order valence-corrected chi connectivity index (χ4v) is 4.33. The Morgan fingerprint density at radius 2 is 2.08 bits per heavy atom. The normalized spacial score (nSPS) is 16.3. The van der Waals surface area contributed by atoms with E-state index in [0.717, 1.165) is 10.6 Å². The molecule has 0 fully saturated rings. The molecular formula is C19H20N2O4S. The van der Waals surface area contributed by atoms with Crippen molar-refractivity contribution < 1.29 is 14.5 Å². The van der Waals surface area contributed by atoms with Crippen LogP contribution in [0.15, 0.2) is 41.6 Å². The summed E-state index contributed by atoms with van der Waals surface area (Å²) in [5.41, 5.74) is 2.84. The van der Waals surface area contributed by atoms with Crippen LogP contribution in [0.4, 0.5) is 10.7 Å². The SMILES string of the molecule is COC(=O)C1=C(C)Nc2sc(C(C)C)cc2C1c1cccc([N+](=O)[O-])c1. The Bertz CT molecular complexity index is 914. The highest BCUT2D eigenvalue weighted by atomic mass is 32.1. The summed E-state index contributed by atoms with van der Waals surface area (Å²) in [6.45, 7) is 6.05. The lowest BCUT2D eigenvalue weighted by molar-refractivity contribution is -0.384. The van der Waals surface area contributed by atoms with Crippen LogP contribution in [0.3, 0.4) is 0 Å². The molecule has 0 saturated carbocycles. The molecule has 1 aromatic heterocycles. The van der Waals surface area contributed by atoms with Gasteiger partial charge in [-0.1, -0.05) is 26.0 Å². The first kappa shape index (κ1) is 18.1. The van der Waals surface area contributed by atoms with Gasteiger partial charge in [0.15, 0.2) is 0 Å². The number of benzene rings is 1. The van der Waals surface area contributed by atoms with Gasteiger partial charge in [0.1, 0.15) is 0 Å². The van der Waals surface area contributed by atoms with Crippen molar-refractivity contribution in [1.82, 2.24) is 0 Å². The van der Waals surface area contributed by atoms with Gasteiger partial charge < -0.3 is 10.1 Å². The minimum absolute atomic E-state index is 0.00349. The number of non-ortho nitro benzene ring substituents is 1. The summed E-state index contributed by atoms with van der Waals surface area (Å²) in [6.07, 6.45) is 0. The second kappa shape index (κ2) is 6.92. The zero-order valence-electron chi connectivity index (χ0n) is 15.0. The average Bonchev–Trinajstić information content (AvgIpc) is 3.03. The fourth-order valence-electron chi connectivity index (χ4n) is 3.18. The van der Waals surface area contributed by atoms with Crippen molar-refractivity contribution in [2.75, 3.05) is 12.4 Å². The van der Waals surface area contributed by atoms with E-state index in [9.17, 15) is 14.9 Å². The number of hydrogen-bond donors (Lipinski definition) is 1. The first-order chi connectivity index (χ1) is 12.3. The van der Waals surface area contributed by atoms with Crippen molar-refractivity contribution in [3.63, 3.8) is 0 Å². The van der Waals surface area contributed by atoms with Crippen molar-refractivity contribution in [2.24, 2.45) is 0 Å². The van der Waals surface area contributed by atoms with Crippen LogP contribution in [0.25, 0.3) is 0 Å². The summed E-state index contributed by atoms with van der Waals surface area (Å²) in [7, 11) is 1.34. The number of fused-ring (bicyclic) bond motifs is 1. The van der Waals surface area contributed by atoms with Crippen molar-refractivity contribution in [3.8, 4) is 0 Å². The topological polar surface area (TPSA) is 81.5 Å². The second-order valence-corrected chi connectivity index (χ2v) is 7.61. The highest BCUT2D eigenvalue weighted by Gasteiger charge is 2.35. The molecule has 136 valence electrons. The van der Waals surface area contributed by atoms with Crippen LogP contribution >= 0.6 is 11.3 Å². The van der Waals surface area contributed by atoms with Crippen LogP contribution in [0.2, 0.25) is 0 Å². The standard InChI is InChI=1S/C19H20N2O4S/c1-10(2)15-9-14-17(12-6-5-7-13(8-12)21(23)24)16(19(22)25-4)11(3)20-18(14)26-15/h5-10,17,20H,1-4H3. The number of methoxy groups -OCH3 is 1. The lowest BCUT2D eigenvalue weighted by Crippen LogP contribution is -2.22. The summed E-state index contributed by atoms with van der Waals surface area (Å²) in [5.74, 6) is -0.489. The molecule has 0 bridgehead atoms. The van der Waals surface area contributed by atoms with E-state index in [2.05, 4.69) is 25.2 Å². The minimum Gasteiger partial charge on any atom is -0.466 e. The number of anilines is 1. The van der Waals surface area contributed by atoms with Gasteiger partial charge in [-0.2, -0.15) is 0 Å². The number of nitro groups is 1. The molecule has 2 heterocycles. The van der Waals surface area contributed by atoms with Gasteiger partial charge in [-0.15, -0.1) is 11.3 Å². The number of ether oxygens (including phenoxy) is 1. The molecule has 6 nitrogen and oxygen atoms in total. The number of rotatable bonds is 4. The monoisotopic (exact) mass is 372 g/mol. The van der Waals surface area contributed by atoms with Crippen LogP contribution in [0.1, 0.15) is 48.6 Å². The fraction of sp³-hybridized carbons (Fsp3) is 0.316. The number of hydrogen-bond acceptors (Lipinski definition) is 6. The van der Waals surface area contributed by atoms with Crippen molar-refractivity contribution in [3.05, 3.63) is 67.7 Å². The Kier molecular flexibility index (Phi) is 4.82. The van der Waals surface area contributed by atoms with E-state index in [1.165, 1.54) is 24.1 Å². The van der Waals surface area contributed by atoms with E-state index >= 15 is 0 Å². The molecule has 0 saturated heterocycles. The third kappa shape index (κ3) is 3.10. The van der Waals surface area contributed by atoms with Gasteiger partial charge in [-0.05, 0) is 30.0 Å². The maximum absolute atomic E-state index is 12.5. The molecule has 1 aliphatic heterocycles. The van der Waals surface area contributed by atoms with Gasteiger partial charge in [0, 0.05) is 28.6 Å². The number of carbonyl (C=O) groups excluding carboxylic acids is 1. The molecule has 1 aliphatic rings. The summed E-state index contributed by atoms with van der Waals surface area (Å²) in [6, 6.07) is 8.52. The zero-order valence-corrected chi connectivity index (χ0v) is 15.8. The maximum atomic E-state index is 12.5. The van der Waals surface area contributed by atoms with E-state index in [4.69, 9.17) is 4.74 Å². The quantitative estimate of drug-likeness (QED) is 0.474. The molecule has 0 spiro atoms. The van der Waals surface area contributed by atoms with Gasteiger partial charge in [0.05, 0.1) is 22.6 Å². The van der Waals surface area contributed by atoms with Crippen LogP contribution in [-0.2, 0) is 9.53 Å². The molecule has 0 aliphatic carbocycles. The summed E-state index contributed by atoms with van der Waals surface area (Å²) in [5, 5.41) is 15.5. The van der Waals surface area contributed by atoms with Crippen molar-refractivity contribution in [2.45, 2.75) is 32.6 Å². The molecule has 7 heteroatoms. The second-order valence-electron chi connectivity index (χ2n) is 6.53. The number of nitrogens with one attached hydrogen (secondary N) is 1. The Balaban J connectivity index is 2.22. The van der Waals surface area contributed by atoms with Crippen LogP contribution in [0, 0.1) is 10.1 Å². The number of carbonyl (C=O) groups is 1. The summed E-state index contributed by atoms with van der Waals surface area (Å²) < 4.78 is 4.99. The third-order valence-electron chi connectivity index (χ3n) is 4.47. The lowest BCUT2D eigenvalue weighted by Gasteiger charge is -2.27. The smallest absolute Gasteiger partial charge is 0.336 e.